The van der Waals surface area contributed by atoms with Crippen LogP contribution in [0, 0.1) is 18.3 Å². The van der Waals surface area contributed by atoms with Crippen molar-refractivity contribution < 1.29 is 18.0 Å². The average molecular weight is 271 g/mol. The van der Waals surface area contributed by atoms with E-state index in [4.69, 9.17) is 5.26 Å². The summed E-state index contributed by atoms with van der Waals surface area (Å²) in [4.78, 5) is 16.6. The van der Waals surface area contributed by atoms with Crippen molar-refractivity contribution in [1.82, 2.24) is 9.88 Å². The Labute approximate surface area is 108 Å². The standard InChI is InChI=1S/C12H12F3N3O/c1-8-9(11(19)18(2)7-3-6-16)4-5-10(17-8)12(13,14)15/h4-5H,3,7H2,1-2H3. The predicted octanol–water partition coefficient (Wildman–Crippen LogP) is 2.39. The summed E-state index contributed by atoms with van der Waals surface area (Å²) in [7, 11) is 1.48. The minimum atomic E-state index is -4.53. The van der Waals surface area contributed by atoms with Crippen molar-refractivity contribution in [3.8, 4) is 6.07 Å². The van der Waals surface area contributed by atoms with Gasteiger partial charge in [0, 0.05) is 13.6 Å². The molecule has 0 atom stereocenters. The van der Waals surface area contributed by atoms with Gasteiger partial charge in [-0.1, -0.05) is 0 Å². The van der Waals surface area contributed by atoms with E-state index >= 15 is 0 Å². The third-order valence-electron chi connectivity index (χ3n) is 2.51. The Kier molecular flexibility index (Phi) is 4.48. The number of hydrogen-bond acceptors (Lipinski definition) is 3. The molecule has 7 heteroatoms. The van der Waals surface area contributed by atoms with E-state index in [1.165, 1.54) is 18.9 Å². The van der Waals surface area contributed by atoms with E-state index in [2.05, 4.69) is 4.98 Å². The zero-order valence-electron chi connectivity index (χ0n) is 10.5. The Bertz CT molecular complexity index is 520. The number of amides is 1. The fourth-order valence-corrected chi connectivity index (χ4v) is 1.47. The third kappa shape index (κ3) is 3.68. The highest BCUT2D eigenvalue weighted by molar-refractivity contribution is 5.95. The molecule has 1 rings (SSSR count). The summed E-state index contributed by atoms with van der Waals surface area (Å²) in [5.74, 6) is -0.450. The molecule has 0 fully saturated rings. The Morgan fingerprint density at radius 3 is 2.58 bits per heavy atom. The maximum atomic E-state index is 12.4. The molecule has 4 nitrogen and oxygen atoms in total. The number of rotatable bonds is 3. The topological polar surface area (TPSA) is 57.0 Å². The fraction of sp³-hybridized carbons (Fsp3) is 0.417. The van der Waals surface area contributed by atoms with Crippen molar-refractivity contribution in [2.24, 2.45) is 0 Å². The van der Waals surface area contributed by atoms with Crippen LogP contribution in [0.3, 0.4) is 0 Å². The normalized spacial score (nSPS) is 10.9. The summed E-state index contributed by atoms with van der Waals surface area (Å²) in [5.41, 5.74) is -0.904. The van der Waals surface area contributed by atoms with E-state index < -0.39 is 17.8 Å². The van der Waals surface area contributed by atoms with Crippen molar-refractivity contribution in [3.05, 3.63) is 29.1 Å². The van der Waals surface area contributed by atoms with Gasteiger partial charge in [-0.2, -0.15) is 18.4 Å². The maximum absolute atomic E-state index is 12.4. The highest BCUT2D eigenvalue weighted by Gasteiger charge is 2.33. The molecule has 0 aromatic carbocycles. The lowest BCUT2D eigenvalue weighted by molar-refractivity contribution is -0.141. The first-order valence-corrected chi connectivity index (χ1v) is 5.44. The van der Waals surface area contributed by atoms with Gasteiger partial charge in [0.05, 0.1) is 23.7 Å². The van der Waals surface area contributed by atoms with Crippen LogP contribution in [-0.4, -0.2) is 29.4 Å². The molecule has 19 heavy (non-hydrogen) atoms. The van der Waals surface area contributed by atoms with Crippen LogP contribution in [0.1, 0.15) is 28.2 Å². The molecular formula is C12H12F3N3O. The van der Waals surface area contributed by atoms with E-state index in [0.29, 0.717) is 0 Å². The van der Waals surface area contributed by atoms with Crippen LogP contribution >= 0.6 is 0 Å². The zero-order valence-corrected chi connectivity index (χ0v) is 10.5. The van der Waals surface area contributed by atoms with Gasteiger partial charge in [-0.25, -0.2) is 4.98 Å². The first-order valence-electron chi connectivity index (χ1n) is 5.44. The number of carbonyl (C=O) groups excluding carboxylic acids is 1. The fourth-order valence-electron chi connectivity index (χ4n) is 1.47. The monoisotopic (exact) mass is 271 g/mol. The zero-order chi connectivity index (χ0) is 14.6. The molecule has 0 N–H and O–H groups in total. The minimum absolute atomic E-state index is 0.0173. The molecule has 0 saturated heterocycles. The van der Waals surface area contributed by atoms with Gasteiger partial charge in [-0.15, -0.1) is 0 Å². The van der Waals surface area contributed by atoms with Crippen LogP contribution in [0.2, 0.25) is 0 Å². The Balaban J connectivity index is 2.97. The van der Waals surface area contributed by atoms with E-state index in [1.54, 1.807) is 0 Å². The quantitative estimate of drug-likeness (QED) is 0.848. The molecule has 1 heterocycles. The molecule has 0 aliphatic carbocycles. The van der Waals surface area contributed by atoms with Gasteiger partial charge >= 0.3 is 6.18 Å². The second kappa shape index (κ2) is 5.69. The first kappa shape index (κ1) is 15.0. The van der Waals surface area contributed by atoms with Gasteiger partial charge in [-0.05, 0) is 19.1 Å². The third-order valence-corrected chi connectivity index (χ3v) is 2.51. The predicted molar refractivity (Wildman–Crippen MR) is 61.2 cm³/mol. The number of aryl methyl sites for hydroxylation is 1. The van der Waals surface area contributed by atoms with Gasteiger partial charge < -0.3 is 4.90 Å². The molecule has 0 aliphatic rings. The molecule has 1 amide bonds. The van der Waals surface area contributed by atoms with Crippen molar-refractivity contribution in [2.45, 2.75) is 19.5 Å². The molecule has 0 bridgehead atoms. The van der Waals surface area contributed by atoms with Gasteiger partial charge in [0.15, 0.2) is 0 Å². The summed E-state index contributed by atoms with van der Waals surface area (Å²) >= 11 is 0. The van der Waals surface area contributed by atoms with Crippen LogP contribution in [0.25, 0.3) is 0 Å². The van der Waals surface area contributed by atoms with Gasteiger partial charge in [0.25, 0.3) is 5.91 Å². The highest BCUT2D eigenvalue weighted by Crippen LogP contribution is 2.28. The van der Waals surface area contributed by atoms with E-state index in [9.17, 15) is 18.0 Å². The van der Waals surface area contributed by atoms with Crippen molar-refractivity contribution in [3.63, 3.8) is 0 Å². The van der Waals surface area contributed by atoms with Crippen LogP contribution in [0.5, 0.6) is 0 Å². The van der Waals surface area contributed by atoms with Gasteiger partial charge in [-0.3, -0.25) is 4.79 Å². The number of carbonyl (C=O) groups is 1. The largest absolute Gasteiger partial charge is 0.433 e. The van der Waals surface area contributed by atoms with E-state index in [1.807, 2.05) is 6.07 Å². The Morgan fingerprint density at radius 2 is 2.11 bits per heavy atom. The molecule has 0 saturated carbocycles. The van der Waals surface area contributed by atoms with Crippen molar-refractivity contribution in [1.29, 1.82) is 5.26 Å². The molecule has 0 aliphatic heterocycles. The van der Waals surface area contributed by atoms with Crippen molar-refractivity contribution in [2.75, 3.05) is 13.6 Å². The second-order valence-electron chi connectivity index (χ2n) is 3.96. The Hall–Kier alpha value is -2.10. The maximum Gasteiger partial charge on any atom is 0.433 e. The minimum Gasteiger partial charge on any atom is -0.341 e. The molecule has 0 spiro atoms. The number of nitriles is 1. The number of halogens is 3. The van der Waals surface area contributed by atoms with Gasteiger partial charge in [0.1, 0.15) is 5.69 Å². The lowest BCUT2D eigenvalue weighted by Gasteiger charge is -2.17. The van der Waals surface area contributed by atoms with Crippen LogP contribution in [0.15, 0.2) is 12.1 Å². The molecule has 0 radical (unpaired) electrons. The number of pyridine rings is 1. The lowest BCUT2D eigenvalue weighted by Crippen LogP contribution is -2.28. The summed E-state index contributed by atoms with van der Waals surface area (Å²) in [5, 5.41) is 8.42. The first-order chi connectivity index (χ1) is 8.77. The van der Waals surface area contributed by atoms with Crippen LogP contribution in [-0.2, 0) is 6.18 Å². The van der Waals surface area contributed by atoms with Crippen LogP contribution in [0.4, 0.5) is 13.2 Å². The summed E-state index contributed by atoms with van der Waals surface area (Å²) in [6.45, 7) is 1.57. The summed E-state index contributed by atoms with van der Waals surface area (Å²) in [6, 6.07) is 3.77. The molecule has 1 aromatic heterocycles. The molecule has 0 unspecified atom stereocenters. The summed E-state index contributed by atoms with van der Waals surface area (Å²) < 4.78 is 37.3. The molecular weight excluding hydrogens is 259 g/mol. The number of hydrogen-bond donors (Lipinski definition) is 0. The van der Waals surface area contributed by atoms with E-state index in [-0.39, 0.29) is 24.2 Å². The van der Waals surface area contributed by atoms with Gasteiger partial charge in [0.2, 0.25) is 0 Å². The number of nitrogens with zero attached hydrogens (tertiary/aromatic N) is 3. The summed E-state index contributed by atoms with van der Waals surface area (Å²) in [6.07, 6.45) is -4.37. The second-order valence-corrected chi connectivity index (χ2v) is 3.96. The lowest BCUT2D eigenvalue weighted by atomic mass is 10.1. The Morgan fingerprint density at radius 1 is 1.47 bits per heavy atom. The number of alkyl halides is 3. The molecule has 1 aromatic rings. The molecule has 102 valence electrons. The smallest absolute Gasteiger partial charge is 0.341 e. The van der Waals surface area contributed by atoms with E-state index in [0.717, 1.165) is 12.1 Å². The average Bonchev–Trinajstić information content (AvgIpc) is 2.33. The highest BCUT2D eigenvalue weighted by atomic mass is 19.4. The van der Waals surface area contributed by atoms with Crippen LogP contribution < -0.4 is 0 Å². The number of aromatic nitrogens is 1. The van der Waals surface area contributed by atoms with Crippen molar-refractivity contribution >= 4 is 5.91 Å². The SMILES string of the molecule is Cc1nc(C(F)(F)F)ccc1C(=O)N(C)CCC#N.